The van der Waals surface area contributed by atoms with Gasteiger partial charge in [-0.3, -0.25) is 0 Å². The van der Waals surface area contributed by atoms with Crippen molar-refractivity contribution in [2.75, 3.05) is 37.7 Å². The van der Waals surface area contributed by atoms with Gasteiger partial charge in [0.15, 0.2) is 0 Å². The van der Waals surface area contributed by atoms with Crippen LogP contribution in [0.3, 0.4) is 0 Å². The van der Waals surface area contributed by atoms with Crippen molar-refractivity contribution in [3.05, 3.63) is 28.2 Å². The first-order chi connectivity index (χ1) is 8.81. The molecule has 0 saturated carbocycles. The summed E-state index contributed by atoms with van der Waals surface area (Å²) in [5.41, 5.74) is 2.60. The summed E-state index contributed by atoms with van der Waals surface area (Å²) in [6.07, 6.45) is 1.11. The first-order valence-electron chi connectivity index (χ1n) is 6.63. The van der Waals surface area contributed by atoms with Crippen molar-refractivity contribution in [3.8, 4) is 0 Å². The monoisotopic (exact) mass is 312 g/mol. The molecule has 1 aromatic carbocycles. The molecule has 1 saturated heterocycles. The van der Waals surface area contributed by atoms with Crippen LogP contribution in [0.2, 0.25) is 0 Å². The molecule has 0 spiro atoms. The molecule has 1 heterocycles. The minimum atomic E-state index is 0.830. The molecule has 0 amide bonds. The van der Waals surface area contributed by atoms with Crippen LogP contribution in [0.25, 0.3) is 0 Å². The molecule has 0 atom stereocenters. The van der Waals surface area contributed by atoms with Crippen molar-refractivity contribution in [2.24, 2.45) is 0 Å². The van der Waals surface area contributed by atoms with Gasteiger partial charge in [0.2, 0.25) is 0 Å². The van der Waals surface area contributed by atoms with Crippen LogP contribution in [-0.2, 0) is 11.3 Å². The minimum Gasteiger partial charge on any atom is -0.380 e. The topological polar surface area (TPSA) is 24.5 Å². The zero-order valence-corrected chi connectivity index (χ0v) is 12.5. The molecule has 4 heteroatoms. The number of hydrogen-bond acceptors (Lipinski definition) is 3. The molecule has 1 N–H and O–H groups in total. The third kappa shape index (κ3) is 3.70. The number of rotatable bonds is 4. The Morgan fingerprint density at radius 2 is 2.22 bits per heavy atom. The lowest BCUT2D eigenvalue weighted by Gasteiger charge is -2.22. The zero-order valence-electron chi connectivity index (χ0n) is 10.9. The normalized spacial score (nSPS) is 16.7. The van der Waals surface area contributed by atoms with Crippen molar-refractivity contribution in [1.29, 1.82) is 0 Å². The van der Waals surface area contributed by atoms with Gasteiger partial charge < -0.3 is 15.0 Å². The molecule has 1 aliphatic rings. The Kier molecular flexibility index (Phi) is 5.47. The highest BCUT2D eigenvalue weighted by molar-refractivity contribution is 9.10. The molecule has 3 nitrogen and oxygen atoms in total. The van der Waals surface area contributed by atoms with Crippen molar-refractivity contribution in [3.63, 3.8) is 0 Å². The summed E-state index contributed by atoms with van der Waals surface area (Å²) >= 11 is 3.67. The van der Waals surface area contributed by atoms with Gasteiger partial charge in [-0.25, -0.2) is 0 Å². The standard InChI is InChI=1S/C14H21BrN2O/c1-2-16-11-12-4-5-13(10-14(12)15)17-6-3-8-18-9-7-17/h4-5,10,16H,2-3,6-9,11H2,1H3. The third-order valence-electron chi connectivity index (χ3n) is 3.19. The van der Waals surface area contributed by atoms with Crippen molar-refractivity contribution < 1.29 is 4.74 Å². The molecule has 0 aromatic heterocycles. The molecule has 2 rings (SSSR count). The maximum absolute atomic E-state index is 5.49. The van der Waals surface area contributed by atoms with Crippen LogP contribution in [0.15, 0.2) is 22.7 Å². The fraction of sp³-hybridized carbons (Fsp3) is 0.571. The number of anilines is 1. The molecular weight excluding hydrogens is 292 g/mol. The van der Waals surface area contributed by atoms with E-state index in [2.05, 4.69) is 51.3 Å². The van der Waals surface area contributed by atoms with E-state index in [0.29, 0.717) is 0 Å². The maximum atomic E-state index is 5.49. The number of hydrogen-bond donors (Lipinski definition) is 1. The van der Waals surface area contributed by atoms with Gasteiger partial charge in [-0.05, 0) is 30.7 Å². The first-order valence-corrected chi connectivity index (χ1v) is 7.42. The number of ether oxygens (including phenoxy) is 1. The molecular formula is C14H21BrN2O. The zero-order chi connectivity index (χ0) is 12.8. The van der Waals surface area contributed by atoms with Gasteiger partial charge in [0.05, 0.1) is 6.61 Å². The molecule has 1 aliphatic heterocycles. The number of nitrogens with one attached hydrogen (secondary N) is 1. The Bertz CT molecular complexity index is 376. The average Bonchev–Trinajstić information content (AvgIpc) is 2.66. The second-order valence-electron chi connectivity index (χ2n) is 4.51. The van der Waals surface area contributed by atoms with E-state index in [1.165, 1.54) is 15.7 Å². The van der Waals surface area contributed by atoms with Crippen LogP contribution in [0.5, 0.6) is 0 Å². The second-order valence-corrected chi connectivity index (χ2v) is 5.36. The minimum absolute atomic E-state index is 0.830. The lowest BCUT2D eigenvalue weighted by atomic mass is 10.2. The summed E-state index contributed by atoms with van der Waals surface area (Å²) in [6, 6.07) is 6.63. The fourth-order valence-corrected chi connectivity index (χ4v) is 2.65. The molecule has 0 aliphatic carbocycles. The Hall–Kier alpha value is -0.580. The summed E-state index contributed by atoms with van der Waals surface area (Å²) in [5.74, 6) is 0. The molecule has 18 heavy (non-hydrogen) atoms. The SMILES string of the molecule is CCNCc1ccc(N2CCCOCC2)cc1Br. The van der Waals surface area contributed by atoms with E-state index in [1.807, 2.05) is 0 Å². The predicted octanol–water partition coefficient (Wildman–Crippen LogP) is 2.79. The quantitative estimate of drug-likeness (QED) is 0.925. The van der Waals surface area contributed by atoms with E-state index >= 15 is 0 Å². The second kappa shape index (κ2) is 7.12. The highest BCUT2D eigenvalue weighted by atomic mass is 79.9. The molecule has 0 radical (unpaired) electrons. The Balaban J connectivity index is 2.06. The van der Waals surface area contributed by atoms with Crippen LogP contribution in [0.1, 0.15) is 18.9 Å². The van der Waals surface area contributed by atoms with Gasteiger partial charge in [-0.15, -0.1) is 0 Å². The van der Waals surface area contributed by atoms with Crippen LogP contribution < -0.4 is 10.2 Å². The van der Waals surface area contributed by atoms with Crippen molar-refractivity contribution in [1.82, 2.24) is 5.32 Å². The van der Waals surface area contributed by atoms with Crippen molar-refractivity contribution in [2.45, 2.75) is 19.9 Å². The third-order valence-corrected chi connectivity index (χ3v) is 3.93. The number of halogens is 1. The molecule has 0 unspecified atom stereocenters. The van der Waals surface area contributed by atoms with Crippen LogP contribution >= 0.6 is 15.9 Å². The fourth-order valence-electron chi connectivity index (χ4n) is 2.14. The maximum Gasteiger partial charge on any atom is 0.0641 e. The van der Waals surface area contributed by atoms with E-state index in [0.717, 1.165) is 45.8 Å². The average molecular weight is 313 g/mol. The molecule has 100 valence electrons. The lowest BCUT2D eigenvalue weighted by molar-refractivity contribution is 0.152. The molecule has 1 fully saturated rings. The lowest BCUT2D eigenvalue weighted by Crippen LogP contribution is -2.25. The number of nitrogens with zero attached hydrogens (tertiary/aromatic N) is 1. The summed E-state index contributed by atoms with van der Waals surface area (Å²) < 4.78 is 6.68. The van der Waals surface area contributed by atoms with Gasteiger partial charge >= 0.3 is 0 Å². The summed E-state index contributed by atoms with van der Waals surface area (Å²) in [7, 11) is 0. The van der Waals surface area contributed by atoms with Crippen LogP contribution in [0, 0.1) is 0 Å². The van der Waals surface area contributed by atoms with E-state index < -0.39 is 0 Å². The summed E-state index contributed by atoms with van der Waals surface area (Å²) in [6.45, 7) is 7.82. The Morgan fingerprint density at radius 1 is 1.33 bits per heavy atom. The van der Waals surface area contributed by atoms with Crippen LogP contribution in [-0.4, -0.2) is 32.8 Å². The molecule has 1 aromatic rings. The summed E-state index contributed by atoms with van der Waals surface area (Å²) in [5, 5.41) is 3.35. The van der Waals surface area contributed by atoms with Gasteiger partial charge in [-0.1, -0.05) is 28.9 Å². The predicted molar refractivity (Wildman–Crippen MR) is 79.2 cm³/mol. The smallest absolute Gasteiger partial charge is 0.0641 e. The highest BCUT2D eigenvalue weighted by Crippen LogP contribution is 2.24. The van der Waals surface area contributed by atoms with Crippen molar-refractivity contribution >= 4 is 21.6 Å². The van der Waals surface area contributed by atoms with E-state index in [4.69, 9.17) is 4.74 Å². The highest BCUT2D eigenvalue weighted by Gasteiger charge is 2.11. The first kappa shape index (κ1) is 13.8. The van der Waals surface area contributed by atoms with Gasteiger partial charge in [0.1, 0.15) is 0 Å². The molecule has 0 bridgehead atoms. The summed E-state index contributed by atoms with van der Waals surface area (Å²) in [4.78, 5) is 2.40. The van der Waals surface area contributed by atoms with Gasteiger partial charge in [0, 0.05) is 36.4 Å². The van der Waals surface area contributed by atoms with Crippen LogP contribution in [0.4, 0.5) is 5.69 Å². The van der Waals surface area contributed by atoms with E-state index in [-0.39, 0.29) is 0 Å². The van der Waals surface area contributed by atoms with Gasteiger partial charge in [-0.2, -0.15) is 0 Å². The van der Waals surface area contributed by atoms with E-state index in [1.54, 1.807) is 0 Å². The number of benzene rings is 1. The largest absolute Gasteiger partial charge is 0.380 e. The Labute approximate surface area is 118 Å². The van der Waals surface area contributed by atoms with Gasteiger partial charge in [0.25, 0.3) is 0 Å². The Morgan fingerprint density at radius 3 is 3.00 bits per heavy atom. The van der Waals surface area contributed by atoms with E-state index in [9.17, 15) is 0 Å².